The van der Waals surface area contributed by atoms with E-state index in [2.05, 4.69) is 43.2 Å². The largest absolute Gasteiger partial charge is 0.335 e. The molecule has 1 fully saturated rings. The number of carbonyl (C=O) groups is 1. The molecule has 1 amide bonds. The maximum absolute atomic E-state index is 12.9. The van der Waals surface area contributed by atoms with Crippen LogP contribution in [0, 0.1) is 0 Å². The predicted octanol–water partition coefficient (Wildman–Crippen LogP) is 2.68. The van der Waals surface area contributed by atoms with Gasteiger partial charge in [0.2, 0.25) is 0 Å². The highest BCUT2D eigenvalue weighted by molar-refractivity contribution is 5.95. The molecule has 1 aliphatic rings. The Morgan fingerprint density at radius 2 is 1.65 bits per heavy atom. The van der Waals surface area contributed by atoms with Gasteiger partial charge in [-0.25, -0.2) is 0 Å². The Morgan fingerprint density at radius 3 is 2.17 bits per heavy atom. The summed E-state index contributed by atoms with van der Waals surface area (Å²) in [7, 11) is 0. The van der Waals surface area contributed by atoms with Gasteiger partial charge in [-0.3, -0.25) is 9.89 Å². The highest BCUT2D eigenvalue weighted by Gasteiger charge is 2.38. The van der Waals surface area contributed by atoms with Crippen molar-refractivity contribution in [3.63, 3.8) is 0 Å². The zero-order valence-corrected chi connectivity index (χ0v) is 14.2. The number of hydrogen-bond acceptors (Lipinski definition) is 3. The number of nitrogens with zero attached hydrogens (tertiary/aromatic N) is 2. The molecule has 2 aromatic rings. The molecule has 5 nitrogen and oxygen atoms in total. The van der Waals surface area contributed by atoms with E-state index < -0.39 is 0 Å². The first-order valence-electron chi connectivity index (χ1n) is 7.94. The van der Waals surface area contributed by atoms with Gasteiger partial charge in [-0.2, -0.15) is 5.10 Å². The molecule has 2 heterocycles. The number of nitrogens with one attached hydrogen (secondary N) is 2. The second kappa shape index (κ2) is 5.49. The molecule has 0 saturated carbocycles. The summed E-state index contributed by atoms with van der Waals surface area (Å²) in [4.78, 5) is 14.8. The fourth-order valence-electron chi connectivity index (χ4n) is 3.55. The van der Waals surface area contributed by atoms with Crippen molar-refractivity contribution >= 4 is 5.91 Å². The Hall–Kier alpha value is -2.14. The Kier molecular flexibility index (Phi) is 3.76. The van der Waals surface area contributed by atoms with Crippen molar-refractivity contribution in [1.29, 1.82) is 0 Å². The van der Waals surface area contributed by atoms with Crippen molar-refractivity contribution in [2.24, 2.45) is 0 Å². The van der Waals surface area contributed by atoms with Crippen LogP contribution in [0.2, 0.25) is 0 Å². The topological polar surface area (TPSA) is 61.0 Å². The molecule has 5 heteroatoms. The van der Waals surface area contributed by atoms with Gasteiger partial charge in [0, 0.05) is 41.5 Å². The number of aromatic amines is 1. The van der Waals surface area contributed by atoms with Crippen LogP contribution in [-0.2, 0) is 0 Å². The van der Waals surface area contributed by atoms with Gasteiger partial charge in [-0.05, 0) is 45.4 Å². The summed E-state index contributed by atoms with van der Waals surface area (Å²) in [5.74, 6) is 0.0893. The average Bonchev–Trinajstić information content (AvgIpc) is 2.97. The maximum atomic E-state index is 12.9. The van der Waals surface area contributed by atoms with E-state index in [0.717, 1.165) is 16.7 Å². The van der Waals surface area contributed by atoms with E-state index in [-0.39, 0.29) is 17.0 Å². The van der Waals surface area contributed by atoms with Crippen molar-refractivity contribution in [2.45, 2.75) is 38.8 Å². The number of hydrogen-bond donors (Lipinski definition) is 2. The van der Waals surface area contributed by atoms with Crippen LogP contribution < -0.4 is 5.32 Å². The average molecular weight is 312 g/mol. The lowest BCUT2D eigenvalue weighted by Crippen LogP contribution is -2.67. The smallest absolute Gasteiger partial charge is 0.253 e. The molecule has 0 unspecified atom stereocenters. The van der Waals surface area contributed by atoms with Gasteiger partial charge < -0.3 is 10.2 Å². The first-order chi connectivity index (χ1) is 10.8. The fourth-order valence-corrected chi connectivity index (χ4v) is 3.55. The van der Waals surface area contributed by atoms with Crippen molar-refractivity contribution in [2.75, 3.05) is 13.1 Å². The quantitative estimate of drug-likeness (QED) is 0.896. The molecule has 23 heavy (non-hydrogen) atoms. The molecule has 1 saturated heterocycles. The number of H-pyrrole nitrogens is 1. The first-order valence-corrected chi connectivity index (χ1v) is 7.94. The van der Waals surface area contributed by atoms with Gasteiger partial charge in [0.05, 0.1) is 6.20 Å². The summed E-state index contributed by atoms with van der Waals surface area (Å²) in [6.07, 6.45) is 3.62. The van der Waals surface area contributed by atoms with E-state index in [0.29, 0.717) is 13.1 Å². The third-order valence-corrected chi connectivity index (χ3v) is 4.10. The van der Waals surface area contributed by atoms with Gasteiger partial charge in [0.15, 0.2) is 0 Å². The summed E-state index contributed by atoms with van der Waals surface area (Å²) in [5.41, 5.74) is 2.62. The van der Waals surface area contributed by atoms with Crippen LogP contribution in [0.3, 0.4) is 0 Å². The third kappa shape index (κ3) is 3.45. The Balaban J connectivity index is 1.80. The van der Waals surface area contributed by atoms with Gasteiger partial charge in [0.25, 0.3) is 5.91 Å². The number of amides is 1. The van der Waals surface area contributed by atoms with Crippen LogP contribution in [-0.4, -0.2) is 45.2 Å². The lowest BCUT2D eigenvalue weighted by Gasteiger charge is -2.48. The summed E-state index contributed by atoms with van der Waals surface area (Å²) >= 11 is 0. The lowest BCUT2D eigenvalue weighted by molar-refractivity contribution is 0.0472. The Morgan fingerprint density at radius 1 is 1.04 bits per heavy atom. The van der Waals surface area contributed by atoms with Crippen LogP contribution >= 0.6 is 0 Å². The van der Waals surface area contributed by atoms with Gasteiger partial charge >= 0.3 is 0 Å². The van der Waals surface area contributed by atoms with Crippen molar-refractivity contribution in [3.8, 4) is 11.1 Å². The summed E-state index contributed by atoms with van der Waals surface area (Å²) < 4.78 is 0. The predicted molar refractivity (Wildman–Crippen MR) is 91.2 cm³/mol. The van der Waals surface area contributed by atoms with E-state index in [1.807, 2.05) is 35.4 Å². The summed E-state index contributed by atoms with van der Waals surface area (Å²) in [6.45, 7) is 9.95. The summed E-state index contributed by atoms with van der Waals surface area (Å²) in [6, 6.07) is 7.73. The number of piperazine rings is 1. The van der Waals surface area contributed by atoms with Crippen molar-refractivity contribution in [1.82, 2.24) is 20.4 Å². The van der Waals surface area contributed by atoms with E-state index in [1.54, 1.807) is 6.20 Å². The fraction of sp³-hybridized carbons (Fsp3) is 0.444. The third-order valence-electron chi connectivity index (χ3n) is 4.10. The van der Waals surface area contributed by atoms with Gasteiger partial charge in [-0.15, -0.1) is 0 Å². The van der Waals surface area contributed by atoms with Crippen LogP contribution in [0.15, 0.2) is 36.7 Å². The molecule has 0 aliphatic carbocycles. The molecule has 1 aromatic heterocycles. The number of benzene rings is 1. The van der Waals surface area contributed by atoms with Crippen LogP contribution in [0.4, 0.5) is 0 Å². The zero-order chi connectivity index (χ0) is 16.7. The monoisotopic (exact) mass is 312 g/mol. The molecular formula is C18H24N4O. The number of aromatic nitrogens is 2. The van der Waals surface area contributed by atoms with Crippen LogP contribution in [0.25, 0.3) is 11.1 Å². The lowest BCUT2D eigenvalue weighted by atomic mass is 9.91. The summed E-state index contributed by atoms with van der Waals surface area (Å²) in [5, 5.41) is 10.3. The molecule has 2 N–H and O–H groups in total. The highest BCUT2D eigenvalue weighted by atomic mass is 16.2. The minimum atomic E-state index is -0.0891. The molecule has 0 radical (unpaired) electrons. The number of rotatable bonds is 2. The number of carbonyl (C=O) groups excluding carboxylic acids is 1. The molecule has 1 aromatic carbocycles. The van der Waals surface area contributed by atoms with E-state index in [4.69, 9.17) is 0 Å². The van der Waals surface area contributed by atoms with Gasteiger partial charge in [-0.1, -0.05) is 12.1 Å². The molecule has 3 rings (SSSR count). The molecule has 122 valence electrons. The zero-order valence-electron chi connectivity index (χ0n) is 14.2. The first kappa shape index (κ1) is 15.7. The molecule has 1 aliphatic heterocycles. The molecule has 0 bridgehead atoms. The second-order valence-corrected chi connectivity index (χ2v) is 7.62. The molecule has 0 atom stereocenters. The Labute approximate surface area is 137 Å². The molecular weight excluding hydrogens is 288 g/mol. The van der Waals surface area contributed by atoms with Crippen LogP contribution in [0.5, 0.6) is 0 Å². The standard InChI is InChI=1S/C18H24N4O/c1-17(2)11-22(12-18(3,4)21-17)16(23)14-7-5-13(6-8-14)15-9-19-20-10-15/h5-10,21H,11-12H2,1-4H3,(H,19,20). The van der Waals surface area contributed by atoms with E-state index in [1.165, 1.54) is 0 Å². The van der Waals surface area contributed by atoms with Crippen molar-refractivity contribution in [3.05, 3.63) is 42.2 Å². The Bertz CT molecular complexity index is 670. The second-order valence-electron chi connectivity index (χ2n) is 7.62. The van der Waals surface area contributed by atoms with E-state index in [9.17, 15) is 4.79 Å². The normalized spacial score (nSPS) is 19.6. The van der Waals surface area contributed by atoms with Crippen molar-refractivity contribution < 1.29 is 4.79 Å². The molecule has 0 spiro atoms. The van der Waals surface area contributed by atoms with Gasteiger partial charge in [0.1, 0.15) is 0 Å². The minimum absolute atomic E-state index is 0.0891. The highest BCUT2D eigenvalue weighted by Crippen LogP contribution is 2.24. The van der Waals surface area contributed by atoms with E-state index >= 15 is 0 Å². The minimum Gasteiger partial charge on any atom is -0.335 e. The SMILES string of the molecule is CC1(C)CN(C(=O)c2ccc(-c3cn[nH]c3)cc2)CC(C)(C)N1. The van der Waals surface area contributed by atoms with Crippen LogP contribution in [0.1, 0.15) is 38.1 Å². The maximum Gasteiger partial charge on any atom is 0.253 e.